The molecule has 29 heavy (non-hydrogen) atoms. The van der Waals surface area contributed by atoms with Gasteiger partial charge in [-0.2, -0.15) is 0 Å². The zero-order valence-corrected chi connectivity index (χ0v) is 16.5. The van der Waals surface area contributed by atoms with Gasteiger partial charge in [0.1, 0.15) is 6.04 Å². The number of primary amides is 1. The van der Waals surface area contributed by atoms with Gasteiger partial charge in [0, 0.05) is 29.2 Å². The quantitative estimate of drug-likeness (QED) is 0.615. The normalized spacial score (nSPS) is 19.4. The van der Waals surface area contributed by atoms with Crippen molar-refractivity contribution in [3.8, 4) is 11.1 Å². The predicted molar refractivity (Wildman–Crippen MR) is 112 cm³/mol. The summed E-state index contributed by atoms with van der Waals surface area (Å²) in [5.41, 5.74) is 15.8. The molecule has 8 heteroatoms. The molecule has 1 aliphatic rings. The van der Waals surface area contributed by atoms with Gasteiger partial charge in [-0.15, -0.1) is 0 Å². The summed E-state index contributed by atoms with van der Waals surface area (Å²) in [6, 6.07) is 8.61. The van der Waals surface area contributed by atoms with E-state index in [1.807, 2.05) is 18.2 Å². The number of rotatable bonds is 2. The smallest absolute Gasteiger partial charge is 0.411 e. The van der Waals surface area contributed by atoms with Crippen LogP contribution in [0.4, 0.5) is 16.2 Å². The number of hydrogen-bond acceptors (Lipinski definition) is 6. The molecule has 154 valence electrons. The number of fused-ring (bicyclic) bond motifs is 4. The molecule has 0 saturated carbocycles. The lowest BCUT2D eigenvalue weighted by atomic mass is 10.00. The Kier molecular flexibility index (Phi) is 6.66. The number of ether oxygens (including phenoxy) is 1. The Morgan fingerprint density at radius 1 is 1.17 bits per heavy atom. The molecule has 0 fully saturated rings. The van der Waals surface area contributed by atoms with Gasteiger partial charge in [0.05, 0.1) is 12.8 Å². The lowest BCUT2D eigenvalue weighted by Crippen LogP contribution is -2.35. The Hall–Kier alpha value is -3.13. The number of pyridine rings is 1. The number of amides is 2. The minimum atomic E-state index is -0.571. The Morgan fingerprint density at radius 2 is 1.97 bits per heavy atom. The standard InChI is InChI=1S/C21H27N5O3/c1-29-21(28)25-14-7-8-15-13-9-10-24-19(11-13)16(22)5-3-2-4-6-17(20(23)27)26-18(15)12-14/h7-12,16-17,26H,2-6,22H2,1H3,(H2,23,27)(H,25,28)/t16-,17+/m0/s1. The largest absolute Gasteiger partial charge is 0.453 e. The van der Waals surface area contributed by atoms with E-state index in [-0.39, 0.29) is 6.04 Å². The molecule has 0 saturated heterocycles. The Balaban J connectivity index is 2.06. The van der Waals surface area contributed by atoms with Crippen LogP contribution in [-0.2, 0) is 9.53 Å². The fourth-order valence-electron chi connectivity index (χ4n) is 3.49. The molecule has 2 bridgehead atoms. The first-order valence-corrected chi connectivity index (χ1v) is 9.74. The zero-order valence-electron chi connectivity index (χ0n) is 16.5. The van der Waals surface area contributed by atoms with Crippen molar-refractivity contribution in [2.75, 3.05) is 17.7 Å². The van der Waals surface area contributed by atoms with Crippen LogP contribution < -0.4 is 22.1 Å². The molecule has 0 aliphatic carbocycles. The first kappa shape index (κ1) is 20.6. The van der Waals surface area contributed by atoms with Crippen LogP contribution >= 0.6 is 0 Å². The minimum Gasteiger partial charge on any atom is -0.453 e. The molecule has 2 aromatic rings. The first-order valence-electron chi connectivity index (χ1n) is 9.74. The number of nitrogens with two attached hydrogens (primary N) is 2. The maximum absolute atomic E-state index is 12.0. The lowest BCUT2D eigenvalue weighted by Gasteiger charge is -2.20. The van der Waals surface area contributed by atoms with E-state index in [9.17, 15) is 9.59 Å². The van der Waals surface area contributed by atoms with Gasteiger partial charge in [0.15, 0.2) is 0 Å². The summed E-state index contributed by atoms with van der Waals surface area (Å²) < 4.78 is 4.66. The number of carbonyl (C=O) groups is 2. The van der Waals surface area contributed by atoms with Crippen LogP contribution in [-0.4, -0.2) is 30.1 Å². The maximum atomic E-state index is 12.0. The molecule has 3 rings (SSSR count). The maximum Gasteiger partial charge on any atom is 0.411 e. The third-order valence-corrected chi connectivity index (χ3v) is 5.10. The highest BCUT2D eigenvalue weighted by atomic mass is 16.5. The van der Waals surface area contributed by atoms with Gasteiger partial charge in [-0.3, -0.25) is 15.1 Å². The van der Waals surface area contributed by atoms with Gasteiger partial charge in [0.25, 0.3) is 0 Å². The number of nitrogens with one attached hydrogen (secondary N) is 2. The average Bonchev–Trinajstić information content (AvgIpc) is 2.72. The van der Waals surface area contributed by atoms with Gasteiger partial charge < -0.3 is 21.5 Å². The van der Waals surface area contributed by atoms with Crippen LogP contribution in [0, 0.1) is 0 Å². The number of hydrogen-bond donors (Lipinski definition) is 4. The summed E-state index contributed by atoms with van der Waals surface area (Å²) in [7, 11) is 1.30. The molecule has 1 aromatic carbocycles. The van der Waals surface area contributed by atoms with Gasteiger partial charge in [-0.25, -0.2) is 4.79 Å². The summed E-state index contributed by atoms with van der Waals surface area (Å²) in [5.74, 6) is -0.413. The van der Waals surface area contributed by atoms with Crippen molar-refractivity contribution in [2.45, 2.75) is 44.2 Å². The van der Waals surface area contributed by atoms with Crippen LogP contribution in [0.2, 0.25) is 0 Å². The van der Waals surface area contributed by atoms with E-state index in [0.29, 0.717) is 17.8 Å². The van der Waals surface area contributed by atoms with Crippen molar-refractivity contribution in [1.82, 2.24) is 4.98 Å². The first-order chi connectivity index (χ1) is 14.0. The number of anilines is 2. The summed E-state index contributed by atoms with van der Waals surface area (Å²) in [6.07, 6.45) is 5.38. The molecule has 8 nitrogen and oxygen atoms in total. The second-order valence-electron chi connectivity index (χ2n) is 7.19. The van der Waals surface area contributed by atoms with Crippen molar-refractivity contribution < 1.29 is 14.3 Å². The van der Waals surface area contributed by atoms with Crippen molar-refractivity contribution in [3.05, 3.63) is 42.2 Å². The third kappa shape index (κ3) is 5.23. The second-order valence-corrected chi connectivity index (χ2v) is 7.19. The molecular weight excluding hydrogens is 370 g/mol. The Labute approximate surface area is 170 Å². The Morgan fingerprint density at radius 3 is 2.72 bits per heavy atom. The topological polar surface area (TPSA) is 132 Å². The molecule has 6 N–H and O–H groups in total. The molecule has 0 unspecified atom stereocenters. The van der Waals surface area contributed by atoms with Crippen molar-refractivity contribution in [2.24, 2.45) is 11.5 Å². The average molecular weight is 397 g/mol. The summed E-state index contributed by atoms with van der Waals surface area (Å²) in [5, 5.41) is 5.92. The number of nitrogens with zero attached hydrogens (tertiary/aromatic N) is 1. The van der Waals surface area contributed by atoms with E-state index in [2.05, 4.69) is 20.4 Å². The highest BCUT2D eigenvalue weighted by molar-refractivity contribution is 5.90. The highest BCUT2D eigenvalue weighted by Gasteiger charge is 2.19. The SMILES string of the molecule is COC(=O)Nc1ccc2c(c1)N[C@@H](C(N)=O)CCCCC[C@H](N)c1cc-2ccn1. The molecule has 2 amide bonds. The van der Waals surface area contributed by atoms with E-state index in [4.69, 9.17) is 11.5 Å². The van der Waals surface area contributed by atoms with Crippen molar-refractivity contribution >= 4 is 23.4 Å². The van der Waals surface area contributed by atoms with Crippen LogP contribution in [0.3, 0.4) is 0 Å². The van der Waals surface area contributed by atoms with Crippen molar-refractivity contribution in [1.29, 1.82) is 0 Å². The van der Waals surface area contributed by atoms with Gasteiger partial charge >= 0.3 is 6.09 Å². The number of benzene rings is 1. The second kappa shape index (κ2) is 9.38. The van der Waals surface area contributed by atoms with E-state index in [0.717, 1.165) is 42.5 Å². The van der Waals surface area contributed by atoms with E-state index >= 15 is 0 Å². The monoisotopic (exact) mass is 397 g/mol. The van der Waals surface area contributed by atoms with Gasteiger partial charge in [0.2, 0.25) is 5.91 Å². The van der Waals surface area contributed by atoms with Crippen LogP contribution in [0.25, 0.3) is 11.1 Å². The molecule has 2 heterocycles. The molecule has 0 spiro atoms. The highest BCUT2D eigenvalue weighted by Crippen LogP contribution is 2.33. The van der Waals surface area contributed by atoms with E-state index in [1.54, 1.807) is 18.3 Å². The van der Waals surface area contributed by atoms with Gasteiger partial charge in [-0.05, 0) is 42.7 Å². The van der Waals surface area contributed by atoms with Crippen LogP contribution in [0.5, 0.6) is 0 Å². The molecule has 1 aliphatic heterocycles. The predicted octanol–water partition coefficient (Wildman–Crippen LogP) is 3.16. The Bertz CT molecular complexity index is 886. The number of aromatic nitrogens is 1. The third-order valence-electron chi connectivity index (χ3n) is 5.10. The molecule has 1 aromatic heterocycles. The van der Waals surface area contributed by atoms with E-state index < -0.39 is 18.0 Å². The van der Waals surface area contributed by atoms with E-state index in [1.165, 1.54) is 7.11 Å². The number of carbonyl (C=O) groups excluding carboxylic acids is 2. The summed E-state index contributed by atoms with van der Waals surface area (Å²) >= 11 is 0. The fourth-order valence-corrected chi connectivity index (χ4v) is 3.49. The lowest BCUT2D eigenvalue weighted by molar-refractivity contribution is -0.118. The van der Waals surface area contributed by atoms with Crippen LogP contribution in [0.15, 0.2) is 36.5 Å². The summed E-state index contributed by atoms with van der Waals surface area (Å²) in [6.45, 7) is 0. The zero-order chi connectivity index (χ0) is 20.8. The summed E-state index contributed by atoms with van der Waals surface area (Å²) in [4.78, 5) is 28.1. The van der Waals surface area contributed by atoms with Crippen LogP contribution in [0.1, 0.15) is 43.8 Å². The van der Waals surface area contributed by atoms with Gasteiger partial charge in [-0.1, -0.05) is 25.3 Å². The fraction of sp³-hybridized carbons (Fsp3) is 0.381. The molecular formula is C21H27N5O3. The van der Waals surface area contributed by atoms with Crippen molar-refractivity contribution in [3.63, 3.8) is 0 Å². The molecule has 2 atom stereocenters. The molecule has 0 radical (unpaired) electrons. The minimum absolute atomic E-state index is 0.140. The number of methoxy groups -OCH3 is 1.